The first-order chi connectivity index (χ1) is 12.6. The molecule has 7 heteroatoms. The van der Waals surface area contributed by atoms with Gasteiger partial charge in [-0.2, -0.15) is 0 Å². The monoisotopic (exact) mass is 365 g/mol. The fraction of sp³-hybridized carbons (Fsp3) is 0.316. The number of hydrogen-bond acceptors (Lipinski definition) is 5. The van der Waals surface area contributed by atoms with Gasteiger partial charge in [0.1, 0.15) is 0 Å². The molecule has 3 aromatic heterocycles. The van der Waals surface area contributed by atoms with Gasteiger partial charge in [0.2, 0.25) is 5.78 Å². The Hall–Kier alpha value is -2.51. The number of hydrogen-bond donors (Lipinski definition) is 0. The summed E-state index contributed by atoms with van der Waals surface area (Å²) in [7, 11) is 1.75. The van der Waals surface area contributed by atoms with Crippen LogP contribution in [0.15, 0.2) is 40.5 Å². The maximum Gasteiger partial charge on any atom is 0.262 e. The van der Waals surface area contributed by atoms with Crippen molar-refractivity contribution in [3.8, 4) is 0 Å². The quantitative estimate of drug-likeness (QED) is 0.548. The maximum atomic E-state index is 12.6. The molecule has 0 amide bonds. The zero-order valence-corrected chi connectivity index (χ0v) is 15.5. The molecule has 0 aliphatic carbocycles. The average Bonchev–Trinajstić information content (AvgIpc) is 3.30. The highest BCUT2D eigenvalue weighted by atomic mass is 32.1. The van der Waals surface area contributed by atoms with Gasteiger partial charge in [0, 0.05) is 24.5 Å². The van der Waals surface area contributed by atoms with E-state index in [2.05, 4.69) is 33.5 Å². The third-order valence-corrected chi connectivity index (χ3v) is 6.44. The SMILES string of the molecule is CC1c2ccsc2CCN1Cc1nnc2n(C)c(=O)c3ccccc3n12. The van der Waals surface area contributed by atoms with Gasteiger partial charge in [-0.1, -0.05) is 12.1 Å². The second kappa shape index (κ2) is 5.75. The number of thiophene rings is 1. The van der Waals surface area contributed by atoms with Gasteiger partial charge in [-0.15, -0.1) is 21.5 Å². The molecule has 26 heavy (non-hydrogen) atoms. The lowest BCUT2D eigenvalue weighted by atomic mass is 10.0. The summed E-state index contributed by atoms with van der Waals surface area (Å²) in [5, 5.41) is 11.6. The number of fused-ring (bicyclic) bond motifs is 4. The second-order valence-corrected chi connectivity index (χ2v) is 7.83. The van der Waals surface area contributed by atoms with Crippen LogP contribution in [0.4, 0.5) is 0 Å². The van der Waals surface area contributed by atoms with Crippen molar-refractivity contribution >= 4 is 28.0 Å². The Morgan fingerprint density at radius 3 is 2.96 bits per heavy atom. The van der Waals surface area contributed by atoms with E-state index < -0.39 is 0 Å². The Morgan fingerprint density at radius 1 is 1.23 bits per heavy atom. The van der Waals surface area contributed by atoms with Crippen molar-refractivity contribution in [3.05, 3.63) is 62.3 Å². The van der Waals surface area contributed by atoms with Crippen molar-refractivity contribution in [1.29, 1.82) is 0 Å². The summed E-state index contributed by atoms with van der Waals surface area (Å²) in [4.78, 5) is 16.5. The van der Waals surface area contributed by atoms with Gasteiger partial charge < -0.3 is 0 Å². The highest BCUT2D eigenvalue weighted by Gasteiger charge is 2.26. The zero-order valence-electron chi connectivity index (χ0n) is 14.7. The number of benzene rings is 1. The summed E-state index contributed by atoms with van der Waals surface area (Å²) in [6.07, 6.45) is 1.08. The van der Waals surface area contributed by atoms with Crippen molar-refractivity contribution in [2.75, 3.05) is 6.54 Å². The van der Waals surface area contributed by atoms with Gasteiger partial charge >= 0.3 is 0 Å². The topological polar surface area (TPSA) is 55.4 Å². The third kappa shape index (κ3) is 2.17. The molecule has 132 valence electrons. The molecule has 6 nitrogen and oxygen atoms in total. The molecule has 1 aliphatic heterocycles. The molecule has 0 N–H and O–H groups in total. The summed E-state index contributed by atoms with van der Waals surface area (Å²) in [5.41, 5.74) is 2.25. The number of para-hydroxylation sites is 1. The van der Waals surface area contributed by atoms with Crippen LogP contribution in [0.1, 0.15) is 29.2 Å². The van der Waals surface area contributed by atoms with Crippen molar-refractivity contribution in [2.24, 2.45) is 7.05 Å². The molecular formula is C19H19N5OS. The molecule has 1 aromatic carbocycles. The largest absolute Gasteiger partial charge is 0.289 e. The summed E-state index contributed by atoms with van der Waals surface area (Å²) in [5.74, 6) is 1.46. The summed E-state index contributed by atoms with van der Waals surface area (Å²) in [6.45, 7) is 3.97. The Morgan fingerprint density at radius 2 is 2.08 bits per heavy atom. The molecule has 4 heterocycles. The van der Waals surface area contributed by atoms with Crippen molar-refractivity contribution in [1.82, 2.24) is 24.1 Å². The molecule has 0 radical (unpaired) electrons. The molecule has 1 unspecified atom stereocenters. The Kier molecular flexibility index (Phi) is 3.48. The molecule has 1 aliphatic rings. The molecular weight excluding hydrogens is 346 g/mol. The molecule has 4 aromatic rings. The first kappa shape index (κ1) is 15.7. The maximum absolute atomic E-state index is 12.6. The van der Waals surface area contributed by atoms with E-state index in [-0.39, 0.29) is 5.56 Å². The standard InChI is InChI=1S/C19H19N5OS/c1-12-13-8-10-26-16(13)7-9-23(12)11-17-20-21-19-22(2)18(25)14-5-3-4-6-15(14)24(17)19/h3-6,8,10,12H,7,9,11H2,1-2H3. The molecule has 5 rings (SSSR count). The van der Waals surface area contributed by atoms with Crippen LogP contribution in [0, 0.1) is 0 Å². The van der Waals surface area contributed by atoms with Crippen LogP contribution in [0.3, 0.4) is 0 Å². The van der Waals surface area contributed by atoms with Crippen LogP contribution < -0.4 is 5.56 Å². The van der Waals surface area contributed by atoms with Gasteiger partial charge in [0.05, 0.1) is 17.4 Å². The fourth-order valence-corrected chi connectivity index (χ4v) is 4.92. The van der Waals surface area contributed by atoms with Gasteiger partial charge in [0.25, 0.3) is 5.56 Å². The van der Waals surface area contributed by atoms with Crippen molar-refractivity contribution in [2.45, 2.75) is 25.9 Å². The minimum absolute atomic E-state index is 0.0405. The molecule has 0 fully saturated rings. The minimum atomic E-state index is -0.0405. The summed E-state index contributed by atoms with van der Waals surface area (Å²) in [6, 6.07) is 10.3. The average molecular weight is 365 g/mol. The van der Waals surface area contributed by atoms with Gasteiger partial charge in [0.15, 0.2) is 5.82 Å². The van der Waals surface area contributed by atoms with Gasteiger partial charge in [-0.05, 0) is 42.5 Å². The molecule has 0 spiro atoms. The van der Waals surface area contributed by atoms with Crippen LogP contribution >= 0.6 is 11.3 Å². The third-order valence-electron chi connectivity index (χ3n) is 5.44. The Balaban J connectivity index is 1.64. The van der Waals surface area contributed by atoms with E-state index in [1.54, 1.807) is 11.6 Å². The lowest BCUT2D eigenvalue weighted by molar-refractivity contribution is 0.186. The van der Waals surface area contributed by atoms with Gasteiger partial charge in [-0.25, -0.2) is 0 Å². The van der Waals surface area contributed by atoms with Crippen LogP contribution in [0.25, 0.3) is 16.7 Å². The highest BCUT2D eigenvalue weighted by Crippen LogP contribution is 2.33. The number of aromatic nitrogens is 4. The van der Waals surface area contributed by atoms with Crippen molar-refractivity contribution in [3.63, 3.8) is 0 Å². The lowest BCUT2D eigenvalue weighted by Gasteiger charge is -2.32. The van der Waals surface area contributed by atoms with E-state index in [9.17, 15) is 4.79 Å². The molecule has 0 saturated carbocycles. The van der Waals surface area contributed by atoms with Crippen LogP contribution in [-0.2, 0) is 20.0 Å². The lowest BCUT2D eigenvalue weighted by Crippen LogP contribution is -2.33. The highest BCUT2D eigenvalue weighted by molar-refractivity contribution is 7.10. The molecule has 1 atom stereocenters. The van der Waals surface area contributed by atoms with E-state index in [0.717, 1.165) is 24.3 Å². The van der Waals surface area contributed by atoms with Crippen molar-refractivity contribution < 1.29 is 0 Å². The van der Waals surface area contributed by atoms with Crippen LogP contribution in [0.5, 0.6) is 0 Å². The van der Waals surface area contributed by atoms with E-state index in [1.165, 1.54) is 10.4 Å². The fourth-order valence-electron chi connectivity index (χ4n) is 3.95. The Bertz CT molecular complexity index is 1190. The summed E-state index contributed by atoms with van der Waals surface area (Å²) < 4.78 is 3.60. The van der Waals surface area contributed by atoms with E-state index >= 15 is 0 Å². The predicted molar refractivity (Wildman–Crippen MR) is 103 cm³/mol. The Labute approximate surface area is 154 Å². The number of nitrogens with zero attached hydrogens (tertiary/aromatic N) is 5. The predicted octanol–water partition coefficient (Wildman–Crippen LogP) is 2.76. The summed E-state index contributed by atoms with van der Waals surface area (Å²) >= 11 is 1.85. The van der Waals surface area contributed by atoms with Crippen LogP contribution in [-0.4, -0.2) is 30.6 Å². The normalized spacial score (nSPS) is 17.8. The first-order valence-electron chi connectivity index (χ1n) is 8.77. The minimum Gasteiger partial charge on any atom is -0.289 e. The second-order valence-electron chi connectivity index (χ2n) is 6.83. The number of aryl methyl sites for hydroxylation is 1. The number of rotatable bonds is 2. The first-order valence-corrected chi connectivity index (χ1v) is 9.65. The zero-order chi connectivity index (χ0) is 17.8. The van der Waals surface area contributed by atoms with Gasteiger partial charge in [-0.3, -0.25) is 18.7 Å². The van der Waals surface area contributed by atoms with E-state index in [0.29, 0.717) is 23.8 Å². The van der Waals surface area contributed by atoms with E-state index in [1.807, 2.05) is 40.0 Å². The van der Waals surface area contributed by atoms with E-state index in [4.69, 9.17) is 0 Å². The van der Waals surface area contributed by atoms with Crippen LogP contribution in [0.2, 0.25) is 0 Å². The molecule has 0 bridgehead atoms. The smallest absolute Gasteiger partial charge is 0.262 e. The molecule has 0 saturated heterocycles.